The molecule has 0 amide bonds. The van der Waals surface area contributed by atoms with E-state index in [0.29, 0.717) is 17.2 Å². The largest absolute Gasteiger partial charge is 0.306 e. The van der Waals surface area contributed by atoms with Gasteiger partial charge in [-0.3, -0.25) is 0 Å². The van der Waals surface area contributed by atoms with Crippen LogP contribution in [0.15, 0.2) is 9.89 Å². The third kappa shape index (κ3) is 2.28. The second-order valence-corrected chi connectivity index (χ2v) is 8.39. The Hall–Kier alpha value is -0.230. The molecule has 0 aromatic carbocycles. The lowest BCUT2D eigenvalue weighted by atomic mass is 9.81. The second kappa shape index (κ2) is 4.90. The standard InChI is InChI=1S/C9H13BrFN5O2S2/c1-14-3-2-9(4-14)5-15(6-9)20(17,18)8-12-7(10)13-16(8)19-11/h2-6H2,1H3. The summed E-state index contributed by atoms with van der Waals surface area (Å²) >= 11 is 2.68. The predicted molar refractivity (Wildman–Crippen MR) is 75.1 cm³/mol. The molecule has 2 fully saturated rings. The quantitative estimate of drug-likeness (QED) is 0.764. The first-order chi connectivity index (χ1) is 9.36. The maximum atomic E-state index is 12.7. The number of nitrogens with zero attached hydrogens (tertiary/aromatic N) is 5. The van der Waals surface area contributed by atoms with Gasteiger partial charge in [0.05, 0.1) is 0 Å². The minimum absolute atomic E-state index is 0.0484. The smallest absolute Gasteiger partial charge is 0.279 e. The molecule has 0 saturated carbocycles. The molecule has 0 N–H and O–H groups in total. The minimum atomic E-state index is -3.79. The van der Waals surface area contributed by atoms with Gasteiger partial charge in [0.15, 0.2) is 12.3 Å². The Labute approximate surface area is 129 Å². The predicted octanol–water partition coefficient (Wildman–Crippen LogP) is 0.748. The van der Waals surface area contributed by atoms with E-state index < -0.39 is 10.0 Å². The Kier molecular flexibility index (Phi) is 3.60. The van der Waals surface area contributed by atoms with Crippen LogP contribution in [0.2, 0.25) is 0 Å². The number of likely N-dealkylation sites (tertiary alicyclic amines) is 1. The summed E-state index contributed by atoms with van der Waals surface area (Å²) in [7, 11) is -1.76. The van der Waals surface area contributed by atoms with Crippen LogP contribution in [0.1, 0.15) is 6.42 Å². The van der Waals surface area contributed by atoms with Gasteiger partial charge >= 0.3 is 0 Å². The summed E-state index contributed by atoms with van der Waals surface area (Å²) in [5.41, 5.74) is 0.0484. The zero-order valence-corrected chi connectivity index (χ0v) is 13.9. The summed E-state index contributed by atoms with van der Waals surface area (Å²) in [4.78, 5) is 5.95. The Bertz CT molecular complexity index is 630. The fourth-order valence-electron chi connectivity index (χ4n) is 2.87. The molecule has 0 bridgehead atoms. The fourth-order valence-corrected chi connectivity index (χ4v) is 5.55. The zero-order valence-electron chi connectivity index (χ0n) is 10.7. The highest BCUT2D eigenvalue weighted by Gasteiger charge is 2.52. The highest BCUT2D eigenvalue weighted by atomic mass is 79.9. The molecule has 0 aliphatic carbocycles. The average Bonchev–Trinajstić information content (AvgIpc) is 2.90. The molecule has 0 unspecified atom stereocenters. The number of rotatable bonds is 3. The van der Waals surface area contributed by atoms with Crippen LogP contribution in [-0.4, -0.2) is 65.0 Å². The average molecular weight is 386 g/mol. The number of aromatic nitrogens is 3. The normalized spacial score (nSPS) is 23.4. The SMILES string of the molecule is CN1CCC2(C1)CN(S(=O)(=O)c1nc(Br)nn1SF)C2. The van der Waals surface area contributed by atoms with Crippen LogP contribution < -0.4 is 0 Å². The molecular formula is C9H13BrFN5O2S2. The van der Waals surface area contributed by atoms with Crippen molar-refractivity contribution in [2.75, 3.05) is 33.2 Å². The Morgan fingerprint density at radius 1 is 1.40 bits per heavy atom. The molecule has 3 heterocycles. The van der Waals surface area contributed by atoms with Crippen molar-refractivity contribution in [1.82, 2.24) is 23.4 Å². The van der Waals surface area contributed by atoms with Gasteiger partial charge in [-0.2, -0.15) is 9.29 Å². The summed E-state index contributed by atoms with van der Waals surface area (Å²) in [6, 6.07) is 0. The van der Waals surface area contributed by atoms with Gasteiger partial charge in [-0.05, 0) is 35.9 Å². The molecule has 11 heteroatoms. The van der Waals surface area contributed by atoms with Gasteiger partial charge in [0, 0.05) is 25.0 Å². The fraction of sp³-hybridized carbons (Fsp3) is 0.778. The zero-order chi connectivity index (χ0) is 14.5. The van der Waals surface area contributed by atoms with Gasteiger partial charge in [0.25, 0.3) is 15.2 Å². The van der Waals surface area contributed by atoms with E-state index in [1.807, 2.05) is 7.05 Å². The summed E-state index contributed by atoms with van der Waals surface area (Å²) < 4.78 is 39.6. The van der Waals surface area contributed by atoms with E-state index in [4.69, 9.17) is 0 Å². The van der Waals surface area contributed by atoms with E-state index >= 15 is 0 Å². The lowest BCUT2D eigenvalue weighted by Gasteiger charge is -2.46. The lowest BCUT2D eigenvalue weighted by Crippen LogP contribution is -2.59. The van der Waals surface area contributed by atoms with Crippen molar-refractivity contribution >= 4 is 38.3 Å². The van der Waals surface area contributed by atoms with E-state index in [9.17, 15) is 12.3 Å². The van der Waals surface area contributed by atoms with Crippen LogP contribution in [0.5, 0.6) is 0 Å². The summed E-state index contributed by atoms with van der Waals surface area (Å²) in [6.45, 7) is 2.80. The van der Waals surface area contributed by atoms with Gasteiger partial charge in [0.1, 0.15) is 0 Å². The van der Waals surface area contributed by atoms with Gasteiger partial charge in [-0.1, -0.05) is 0 Å². The van der Waals surface area contributed by atoms with Crippen LogP contribution >= 0.6 is 28.3 Å². The summed E-state index contributed by atoms with van der Waals surface area (Å²) in [6.07, 6.45) is 0.990. The van der Waals surface area contributed by atoms with E-state index in [2.05, 4.69) is 30.9 Å². The molecule has 0 radical (unpaired) electrons. The number of hydrogen-bond acceptors (Lipinski definition) is 6. The monoisotopic (exact) mass is 385 g/mol. The van der Waals surface area contributed by atoms with Gasteiger partial charge < -0.3 is 4.90 Å². The maximum absolute atomic E-state index is 12.7. The third-order valence-electron chi connectivity index (χ3n) is 3.81. The Morgan fingerprint density at radius 2 is 2.10 bits per heavy atom. The molecule has 2 aliphatic rings. The molecule has 1 spiro atoms. The Morgan fingerprint density at radius 3 is 2.65 bits per heavy atom. The number of sulfonamides is 1. The minimum Gasteiger partial charge on any atom is -0.306 e. The van der Waals surface area contributed by atoms with Crippen molar-refractivity contribution in [2.24, 2.45) is 5.41 Å². The Balaban J connectivity index is 1.81. The number of hydrogen-bond donors (Lipinski definition) is 0. The molecule has 0 atom stereocenters. The van der Waals surface area contributed by atoms with E-state index in [0.717, 1.165) is 19.5 Å². The highest BCUT2D eigenvalue weighted by molar-refractivity contribution is 9.10. The van der Waals surface area contributed by atoms with Crippen LogP contribution in [0.25, 0.3) is 0 Å². The van der Waals surface area contributed by atoms with Gasteiger partial charge in [-0.15, -0.1) is 13.1 Å². The van der Waals surface area contributed by atoms with Crippen molar-refractivity contribution in [1.29, 1.82) is 0 Å². The first-order valence-corrected chi connectivity index (χ1v) is 8.87. The van der Waals surface area contributed by atoms with Crippen LogP contribution in [-0.2, 0) is 10.0 Å². The third-order valence-corrected chi connectivity index (χ3v) is 6.31. The first-order valence-electron chi connectivity index (χ1n) is 5.97. The van der Waals surface area contributed by atoms with Gasteiger partial charge in [0.2, 0.25) is 4.73 Å². The van der Waals surface area contributed by atoms with Crippen molar-refractivity contribution in [2.45, 2.75) is 11.6 Å². The summed E-state index contributed by atoms with van der Waals surface area (Å²) in [5, 5.41) is 3.26. The number of halogens is 2. The van der Waals surface area contributed by atoms with Crippen LogP contribution in [0, 0.1) is 5.41 Å². The molecule has 2 saturated heterocycles. The molecule has 112 valence electrons. The molecule has 3 rings (SSSR count). The van der Waals surface area contributed by atoms with Crippen molar-refractivity contribution < 1.29 is 12.3 Å². The highest BCUT2D eigenvalue weighted by Crippen LogP contribution is 2.41. The topological polar surface area (TPSA) is 71.3 Å². The summed E-state index contributed by atoms with van der Waals surface area (Å²) in [5.74, 6) is 0. The molecule has 1 aromatic rings. The molecule has 7 nitrogen and oxygen atoms in total. The first kappa shape index (κ1) is 14.7. The van der Waals surface area contributed by atoms with Crippen molar-refractivity contribution in [3.63, 3.8) is 0 Å². The van der Waals surface area contributed by atoms with Crippen molar-refractivity contribution in [3.8, 4) is 0 Å². The van der Waals surface area contributed by atoms with Crippen LogP contribution in [0.4, 0.5) is 3.89 Å². The van der Waals surface area contributed by atoms with Gasteiger partial charge in [-0.25, -0.2) is 8.42 Å². The van der Waals surface area contributed by atoms with Crippen LogP contribution in [0.3, 0.4) is 0 Å². The maximum Gasteiger partial charge on any atom is 0.279 e. The van der Waals surface area contributed by atoms with E-state index in [1.54, 1.807) is 0 Å². The lowest BCUT2D eigenvalue weighted by molar-refractivity contribution is 0.0806. The molecule has 1 aromatic heterocycles. The van der Waals surface area contributed by atoms with E-state index in [-0.39, 0.29) is 27.6 Å². The van der Waals surface area contributed by atoms with Crippen molar-refractivity contribution in [3.05, 3.63) is 4.73 Å². The molecular weight excluding hydrogens is 373 g/mol. The molecule has 20 heavy (non-hydrogen) atoms. The molecule has 2 aliphatic heterocycles. The second-order valence-electron chi connectivity index (χ2n) is 5.37. The van der Waals surface area contributed by atoms with E-state index in [1.165, 1.54) is 4.31 Å².